The van der Waals surface area contributed by atoms with Crippen molar-refractivity contribution in [3.8, 4) is 5.75 Å². The van der Waals surface area contributed by atoms with Gasteiger partial charge in [0.1, 0.15) is 5.75 Å². The van der Waals surface area contributed by atoms with E-state index in [2.05, 4.69) is 27.3 Å². The molecule has 0 saturated carbocycles. The third-order valence-electron chi connectivity index (χ3n) is 7.83. The van der Waals surface area contributed by atoms with Crippen molar-refractivity contribution in [2.24, 2.45) is 11.7 Å². The van der Waals surface area contributed by atoms with Gasteiger partial charge in [-0.3, -0.25) is 19.3 Å². The van der Waals surface area contributed by atoms with Crippen molar-refractivity contribution in [2.45, 2.75) is 18.8 Å². The van der Waals surface area contributed by atoms with Crippen molar-refractivity contribution in [2.75, 3.05) is 56.0 Å². The third kappa shape index (κ3) is 6.31. The molecular weight excluding hydrogens is 494 g/mol. The van der Waals surface area contributed by atoms with Crippen LogP contribution in [0, 0.1) is 5.92 Å². The number of hydrogen-bond donors (Lipinski definition) is 3. The van der Waals surface area contributed by atoms with Gasteiger partial charge in [0.25, 0.3) is 0 Å². The summed E-state index contributed by atoms with van der Waals surface area (Å²) in [6.07, 6.45) is 9.59. The van der Waals surface area contributed by atoms with Crippen molar-refractivity contribution in [3.63, 3.8) is 0 Å². The molecule has 39 heavy (non-hydrogen) atoms. The van der Waals surface area contributed by atoms with Gasteiger partial charge < -0.3 is 26.0 Å². The van der Waals surface area contributed by atoms with Crippen LogP contribution in [0.1, 0.15) is 34.7 Å². The van der Waals surface area contributed by atoms with Gasteiger partial charge in [0.15, 0.2) is 0 Å². The Morgan fingerprint density at radius 2 is 1.74 bits per heavy atom. The Hall–Kier alpha value is -4.11. The average molecular weight is 530 g/mol. The Balaban J connectivity index is 1.09. The maximum absolute atomic E-state index is 13.0. The molecule has 2 saturated heterocycles. The number of carbonyl (C=O) groups is 3. The maximum atomic E-state index is 13.0. The van der Waals surface area contributed by atoms with Gasteiger partial charge in [0, 0.05) is 61.1 Å². The molecule has 3 amide bonds. The molecule has 2 aliphatic heterocycles. The van der Waals surface area contributed by atoms with E-state index in [9.17, 15) is 19.5 Å². The number of piperazine rings is 1. The van der Waals surface area contributed by atoms with Gasteiger partial charge in [-0.05, 0) is 61.9 Å². The lowest BCUT2D eigenvalue weighted by Crippen LogP contribution is -2.51. The second kappa shape index (κ2) is 11.7. The molecule has 2 fully saturated rings. The van der Waals surface area contributed by atoms with Crippen LogP contribution in [-0.4, -0.2) is 78.4 Å². The minimum absolute atomic E-state index is 0.0587. The zero-order valence-electron chi connectivity index (χ0n) is 22.0. The number of nitrogens with zero attached hydrogens (tertiary/aromatic N) is 3. The Bertz CT molecular complexity index is 1280. The number of allylic oxidation sites excluding steroid dienone is 4. The second-order valence-corrected chi connectivity index (χ2v) is 10.4. The van der Waals surface area contributed by atoms with Crippen LogP contribution in [0.25, 0.3) is 0 Å². The number of nitrogens with two attached hydrogens (primary N) is 1. The normalized spacial score (nSPS) is 21.2. The summed E-state index contributed by atoms with van der Waals surface area (Å²) in [5.41, 5.74) is 8.28. The van der Waals surface area contributed by atoms with Crippen LogP contribution < -0.4 is 16.0 Å². The zero-order valence-corrected chi connectivity index (χ0v) is 22.0. The van der Waals surface area contributed by atoms with E-state index in [1.807, 2.05) is 35.3 Å². The van der Waals surface area contributed by atoms with E-state index in [0.29, 0.717) is 63.5 Å². The SMILES string of the molecule is NC(=O)c1ccc(N2CCN(C(=O)CN3CC[C@@H](C(=O)Nc4ccc(O)c(C5C=CC=CC5)c4)C3)CC2)cc1. The number of primary amides is 1. The minimum atomic E-state index is -0.446. The van der Waals surface area contributed by atoms with Crippen molar-refractivity contribution in [1.82, 2.24) is 9.80 Å². The van der Waals surface area contributed by atoms with Crippen molar-refractivity contribution in [1.29, 1.82) is 0 Å². The van der Waals surface area contributed by atoms with Crippen molar-refractivity contribution >= 4 is 29.1 Å². The number of rotatable bonds is 7. The molecule has 204 valence electrons. The molecule has 3 aliphatic rings. The number of phenolic OH excluding ortho intramolecular Hbond substituents is 1. The lowest BCUT2D eigenvalue weighted by atomic mass is 9.91. The van der Waals surface area contributed by atoms with Crippen molar-refractivity contribution < 1.29 is 19.5 Å². The van der Waals surface area contributed by atoms with E-state index in [1.165, 1.54) is 0 Å². The first-order valence-electron chi connectivity index (χ1n) is 13.5. The molecule has 9 nitrogen and oxygen atoms in total. The maximum Gasteiger partial charge on any atom is 0.248 e. The average Bonchev–Trinajstić information content (AvgIpc) is 3.43. The molecular formula is C30H35N5O4. The van der Waals surface area contributed by atoms with Crippen LogP contribution in [-0.2, 0) is 9.59 Å². The second-order valence-electron chi connectivity index (χ2n) is 10.4. The number of amides is 3. The standard InChI is InChI=1S/C30H35N5O4/c31-29(38)22-6-9-25(10-7-22)34-14-16-35(17-15-34)28(37)20-33-13-12-23(19-33)30(39)32-24-8-11-27(36)26(18-24)21-4-2-1-3-5-21/h1-4,6-11,18,21,23,36H,5,12-17,19-20H2,(H2,31,38)(H,32,39)/t21?,23-/m1/s1. The third-order valence-corrected chi connectivity index (χ3v) is 7.83. The molecule has 5 rings (SSSR count). The minimum Gasteiger partial charge on any atom is -0.508 e. The molecule has 2 aromatic carbocycles. The smallest absolute Gasteiger partial charge is 0.248 e. The van der Waals surface area contributed by atoms with Crippen LogP contribution in [0.5, 0.6) is 5.75 Å². The molecule has 0 aromatic heterocycles. The van der Waals surface area contributed by atoms with Crippen LogP contribution in [0.2, 0.25) is 0 Å². The molecule has 0 bridgehead atoms. The lowest BCUT2D eigenvalue weighted by molar-refractivity contribution is -0.132. The van der Waals surface area contributed by atoms with Gasteiger partial charge in [-0.15, -0.1) is 0 Å². The number of phenols is 1. The monoisotopic (exact) mass is 529 g/mol. The van der Waals surface area contributed by atoms with Gasteiger partial charge in [-0.2, -0.15) is 0 Å². The van der Waals surface area contributed by atoms with Gasteiger partial charge in [0.05, 0.1) is 12.5 Å². The van der Waals surface area contributed by atoms with Gasteiger partial charge >= 0.3 is 0 Å². The first-order chi connectivity index (χ1) is 18.9. The van der Waals surface area contributed by atoms with Gasteiger partial charge in [-0.25, -0.2) is 0 Å². The van der Waals surface area contributed by atoms with Crippen molar-refractivity contribution in [3.05, 3.63) is 77.9 Å². The Labute approximate surface area is 228 Å². The van der Waals surface area contributed by atoms with E-state index >= 15 is 0 Å². The number of anilines is 2. The molecule has 4 N–H and O–H groups in total. The molecule has 0 spiro atoms. The van der Waals surface area contributed by atoms with E-state index in [4.69, 9.17) is 5.73 Å². The highest BCUT2D eigenvalue weighted by Crippen LogP contribution is 2.33. The summed E-state index contributed by atoms with van der Waals surface area (Å²) in [7, 11) is 0. The van der Waals surface area contributed by atoms with E-state index in [0.717, 1.165) is 17.7 Å². The zero-order chi connectivity index (χ0) is 27.4. The predicted molar refractivity (Wildman–Crippen MR) is 151 cm³/mol. The van der Waals surface area contributed by atoms with Crippen LogP contribution in [0.3, 0.4) is 0 Å². The summed E-state index contributed by atoms with van der Waals surface area (Å²) in [5.74, 6) is -0.297. The highest BCUT2D eigenvalue weighted by molar-refractivity contribution is 5.93. The van der Waals surface area contributed by atoms with E-state index in [-0.39, 0.29) is 29.4 Å². The summed E-state index contributed by atoms with van der Waals surface area (Å²) in [4.78, 5) is 43.4. The number of hydrogen-bond acceptors (Lipinski definition) is 6. The first kappa shape index (κ1) is 26.5. The van der Waals surface area contributed by atoms with Crippen LogP contribution in [0.4, 0.5) is 11.4 Å². The molecule has 2 atom stereocenters. The fourth-order valence-electron chi connectivity index (χ4n) is 5.52. The highest BCUT2D eigenvalue weighted by Gasteiger charge is 2.31. The number of likely N-dealkylation sites (tertiary alicyclic amines) is 1. The topological polar surface area (TPSA) is 119 Å². The van der Waals surface area contributed by atoms with Crippen LogP contribution >= 0.6 is 0 Å². The Kier molecular flexibility index (Phi) is 7.97. The summed E-state index contributed by atoms with van der Waals surface area (Å²) < 4.78 is 0. The molecule has 2 aromatic rings. The molecule has 9 heteroatoms. The summed E-state index contributed by atoms with van der Waals surface area (Å²) in [6.45, 7) is 4.25. The van der Waals surface area contributed by atoms with Crippen LogP contribution in [0.15, 0.2) is 66.8 Å². The van der Waals surface area contributed by atoms with Gasteiger partial charge in [0.2, 0.25) is 17.7 Å². The summed E-state index contributed by atoms with van der Waals surface area (Å²) in [5, 5.41) is 13.3. The van der Waals surface area contributed by atoms with Gasteiger partial charge in [-0.1, -0.05) is 24.3 Å². The number of carbonyl (C=O) groups excluding carboxylic acids is 3. The number of nitrogens with one attached hydrogen (secondary N) is 1. The lowest BCUT2D eigenvalue weighted by Gasteiger charge is -2.36. The highest BCUT2D eigenvalue weighted by atomic mass is 16.3. The molecule has 0 radical (unpaired) electrons. The fourth-order valence-corrected chi connectivity index (χ4v) is 5.52. The molecule has 2 heterocycles. The Morgan fingerprint density at radius 3 is 2.44 bits per heavy atom. The predicted octanol–water partition coefficient (Wildman–Crippen LogP) is 2.70. The summed E-state index contributed by atoms with van der Waals surface area (Å²) in [6, 6.07) is 12.4. The van der Waals surface area contributed by atoms with E-state index in [1.54, 1.807) is 24.3 Å². The largest absolute Gasteiger partial charge is 0.508 e. The molecule has 1 aliphatic carbocycles. The first-order valence-corrected chi connectivity index (χ1v) is 13.5. The number of aromatic hydroxyl groups is 1. The number of benzene rings is 2. The Morgan fingerprint density at radius 1 is 0.974 bits per heavy atom. The molecule has 1 unspecified atom stereocenters. The van der Waals surface area contributed by atoms with E-state index < -0.39 is 5.91 Å². The summed E-state index contributed by atoms with van der Waals surface area (Å²) >= 11 is 0. The fraction of sp³-hybridized carbons (Fsp3) is 0.367. The quantitative estimate of drug-likeness (QED) is 0.475.